The molecular weight excluding hydrogens is 412 g/mol. The highest BCUT2D eigenvalue weighted by atomic mass is 16.6. The molecule has 2 aromatic rings. The van der Waals surface area contributed by atoms with E-state index in [-0.39, 0.29) is 12.0 Å². The van der Waals surface area contributed by atoms with Crippen molar-refractivity contribution in [3.63, 3.8) is 0 Å². The first-order valence-electron chi connectivity index (χ1n) is 10.5. The predicted molar refractivity (Wildman–Crippen MR) is 120 cm³/mol. The van der Waals surface area contributed by atoms with E-state index < -0.39 is 29.7 Å². The smallest absolute Gasteiger partial charge is 0.407 e. The summed E-state index contributed by atoms with van der Waals surface area (Å²) in [6.45, 7) is 7.25. The lowest BCUT2D eigenvalue weighted by atomic mass is 9.87. The molecule has 2 aromatic heterocycles. The van der Waals surface area contributed by atoms with Gasteiger partial charge in [-0.2, -0.15) is 0 Å². The lowest BCUT2D eigenvalue weighted by molar-refractivity contribution is -0.141. The molecule has 0 bridgehead atoms. The maximum Gasteiger partial charge on any atom is 0.407 e. The molecule has 172 valence electrons. The van der Waals surface area contributed by atoms with Gasteiger partial charge < -0.3 is 25.3 Å². The largest absolute Gasteiger partial charge is 0.481 e. The normalized spacial score (nSPS) is 23.8. The highest BCUT2D eigenvalue weighted by molar-refractivity contribution is 5.84. The van der Waals surface area contributed by atoms with Crippen molar-refractivity contribution in [2.75, 3.05) is 7.11 Å². The highest BCUT2D eigenvalue weighted by Gasteiger charge is 2.40. The van der Waals surface area contributed by atoms with Crippen LogP contribution in [0.4, 0.5) is 4.79 Å². The Morgan fingerprint density at radius 2 is 2.03 bits per heavy atom. The third-order valence-corrected chi connectivity index (χ3v) is 5.12. The van der Waals surface area contributed by atoms with Crippen LogP contribution in [0, 0.1) is 5.92 Å². The fourth-order valence-electron chi connectivity index (χ4n) is 3.66. The third kappa shape index (κ3) is 5.73. The summed E-state index contributed by atoms with van der Waals surface area (Å²) in [5.41, 5.74) is 7.21. The molecule has 3 heterocycles. The second kappa shape index (κ2) is 9.52. The van der Waals surface area contributed by atoms with E-state index in [1.54, 1.807) is 40.1 Å². The van der Waals surface area contributed by atoms with Crippen molar-refractivity contribution in [3.8, 4) is 5.88 Å². The number of aromatic nitrogens is 2. The van der Waals surface area contributed by atoms with Gasteiger partial charge >= 0.3 is 6.09 Å². The Bertz CT molecular complexity index is 1020. The number of nitrogens with zero attached hydrogens (tertiary/aromatic N) is 2. The zero-order chi connectivity index (χ0) is 23.5. The molecule has 0 aliphatic carbocycles. The Kier molecular flexibility index (Phi) is 6.98. The summed E-state index contributed by atoms with van der Waals surface area (Å²) >= 11 is 0. The summed E-state index contributed by atoms with van der Waals surface area (Å²) in [6.07, 6.45) is 4.08. The number of hydrogen-bond donors (Lipinski definition) is 2. The van der Waals surface area contributed by atoms with Crippen molar-refractivity contribution < 1.29 is 23.8 Å². The first kappa shape index (κ1) is 23.5. The number of ether oxygens (including phenoxy) is 3. The first-order chi connectivity index (χ1) is 15.1. The molecule has 3 N–H and O–H groups in total. The summed E-state index contributed by atoms with van der Waals surface area (Å²) in [7, 11) is 1.56. The summed E-state index contributed by atoms with van der Waals surface area (Å²) < 4.78 is 16.5. The molecule has 1 saturated heterocycles. The summed E-state index contributed by atoms with van der Waals surface area (Å²) in [5.74, 6) is -0.222. The third-order valence-electron chi connectivity index (χ3n) is 5.12. The minimum absolute atomic E-state index is 0.0733. The number of primary amides is 1. The van der Waals surface area contributed by atoms with E-state index in [1.807, 2.05) is 31.2 Å². The van der Waals surface area contributed by atoms with E-state index in [4.69, 9.17) is 19.9 Å². The van der Waals surface area contributed by atoms with Gasteiger partial charge in [0.05, 0.1) is 30.3 Å². The van der Waals surface area contributed by atoms with Gasteiger partial charge in [-0.05, 0) is 45.2 Å². The number of carbonyl (C=O) groups is 2. The van der Waals surface area contributed by atoms with E-state index in [0.29, 0.717) is 17.8 Å². The molecular formula is C23H30N4O5. The Morgan fingerprint density at radius 3 is 2.69 bits per heavy atom. The molecule has 1 aliphatic rings. The molecule has 0 spiro atoms. The van der Waals surface area contributed by atoms with Crippen LogP contribution >= 0.6 is 0 Å². The zero-order valence-electron chi connectivity index (χ0n) is 19.0. The molecule has 0 saturated carbocycles. The molecule has 0 radical (unpaired) electrons. The van der Waals surface area contributed by atoms with Gasteiger partial charge in [0.15, 0.2) is 6.10 Å². The van der Waals surface area contributed by atoms with E-state index in [0.717, 1.165) is 11.1 Å². The van der Waals surface area contributed by atoms with Crippen LogP contribution in [0.1, 0.15) is 39.7 Å². The summed E-state index contributed by atoms with van der Waals surface area (Å²) in [6, 6.07) is 4.85. The minimum Gasteiger partial charge on any atom is -0.481 e. The number of hydrogen-bond acceptors (Lipinski definition) is 7. The van der Waals surface area contributed by atoms with E-state index >= 15 is 0 Å². The Balaban J connectivity index is 1.77. The minimum atomic E-state index is -0.978. The molecule has 1 unspecified atom stereocenters. The molecule has 1 fully saturated rings. The SMILES string of the molecule is COc1ccc2nccc(C=C[C@@H]3CC(C)[C@@H](NC(=O)OC(C)(C)C)[C@H](C(N)=O)O3)c2n1. The molecule has 9 nitrogen and oxygen atoms in total. The van der Waals surface area contributed by atoms with Crippen molar-refractivity contribution in [1.82, 2.24) is 15.3 Å². The van der Waals surface area contributed by atoms with Crippen LogP contribution in [0.25, 0.3) is 17.1 Å². The molecule has 9 heteroatoms. The number of methoxy groups -OCH3 is 1. The lowest BCUT2D eigenvalue weighted by Gasteiger charge is -2.39. The second-order valence-corrected chi connectivity index (χ2v) is 8.86. The van der Waals surface area contributed by atoms with Gasteiger partial charge in [0.1, 0.15) is 5.60 Å². The second-order valence-electron chi connectivity index (χ2n) is 8.86. The van der Waals surface area contributed by atoms with E-state index in [2.05, 4.69) is 15.3 Å². The van der Waals surface area contributed by atoms with Crippen LogP contribution in [-0.4, -0.2) is 52.9 Å². The van der Waals surface area contributed by atoms with Crippen molar-refractivity contribution in [2.45, 2.75) is 58.0 Å². The zero-order valence-corrected chi connectivity index (χ0v) is 19.0. The Labute approximate surface area is 187 Å². The maximum absolute atomic E-state index is 12.2. The number of rotatable bonds is 5. The summed E-state index contributed by atoms with van der Waals surface area (Å²) in [5, 5.41) is 2.74. The van der Waals surface area contributed by atoms with Crippen molar-refractivity contribution in [1.29, 1.82) is 0 Å². The molecule has 4 atom stereocenters. The molecule has 1 aliphatic heterocycles. The quantitative estimate of drug-likeness (QED) is 0.729. The van der Waals surface area contributed by atoms with Crippen LogP contribution in [0.15, 0.2) is 30.5 Å². The molecule has 3 rings (SSSR count). The number of amides is 2. The number of nitrogens with one attached hydrogen (secondary N) is 1. The van der Waals surface area contributed by atoms with E-state index in [9.17, 15) is 9.59 Å². The van der Waals surface area contributed by atoms with Gasteiger partial charge in [-0.25, -0.2) is 9.78 Å². The van der Waals surface area contributed by atoms with Gasteiger partial charge in [0.2, 0.25) is 11.8 Å². The number of nitrogens with two attached hydrogens (primary N) is 1. The van der Waals surface area contributed by atoms with Crippen LogP contribution < -0.4 is 15.8 Å². The average molecular weight is 443 g/mol. The monoisotopic (exact) mass is 442 g/mol. The van der Waals surface area contributed by atoms with Crippen molar-refractivity contribution in [2.24, 2.45) is 11.7 Å². The van der Waals surface area contributed by atoms with Crippen LogP contribution in [0.2, 0.25) is 0 Å². The van der Waals surface area contributed by atoms with E-state index in [1.165, 1.54) is 0 Å². The first-order valence-corrected chi connectivity index (χ1v) is 10.5. The summed E-state index contributed by atoms with van der Waals surface area (Å²) in [4.78, 5) is 33.1. The lowest BCUT2D eigenvalue weighted by Crippen LogP contribution is -2.58. The topological polar surface area (TPSA) is 126 Å². The molecule has 32 heavy (non-hydrogen) atoms. The van der Waals surface area contributed by atoms with Gasteiger partial charge in [-0.3, -0.25) is 9.78 Å². The van der Waals surface area contributed by atoms with Gasteiger partial charge in [-0.1, -0.05) is 19.1 Å². The average Bonchev–Trinajstić information content (AvgIpc) is 2.71. The van der Waals surface area contributed by atoms with Crippen LogP contribution in [0.5, 0.6) is 5.88 Å². The predicted octanol–water partition coefficient (Wildman–Crippen LogP) is 2.82. The molecule has 0 aromatic carbocycles. The number of pyridine rings is 2. The van der Waals surface area contributed by atoms with Crippen LogP contribution in [-0.2, 0) is 14.3 Å². The maximum atomic E-state index is 12.2. The highest BCUT2D eigenvalue weighted by Crippen LogP contribution is 2.28. The number of alkyl carbamates (subject to hydrolysis) is 1. The van der Waals surface area contributed by atoms with Crippen molar-refractivity contribution in [3.05, 3.63) is 36.0 Å². The fourth-order valence-corrected chi connectivity index (χ4v) is 3.66. The van der Waals surface area contributed by atoms with Gasteiger partial charge in [-0.15, -0.1) is 0 Å². The standard InChI is InChI=1S/C23H30N4O5/c1-13-12-15(31-20(21(24)28)18(13)27-22(29)32-23(2,3)4)7-6-14-10-11-25-16-8-9-17(30-5)26-19(14)16/h6-11,13,15,18,20H,12H2,1-5H3,(H2,24,28)(H,27,29)/t13?,15-,18-,20-/m1/s1. The number of fused-ring (bicyclic) bond motifs is 1. The molecule has 2 amide bonds. The fraction of sp³-hybridized carbons (Fsp3) is 0.478. The number of carbonyl (C=O) groups excluding carboxylic acids is 2. The van der Waals surface area contributed by atoms with Crippen molar-refractivity contribution >= 4 is 29.1 Å². The van der Waals surface area contributed by atoms with Gasteiger partial charge in [0, 0.05) is 17.8 Å². The Hall–Kier alpha value is -3.20. The van der Waals surface area contributed by atoms with Crippen LogP contribution in [0.3, 0.4) is 0 Å². The van der Waals surface area contributed by atoms with Gasteiger partial charge in [0.25, 0.3) is 0 Å². The Morgan fingerprint density at radius 1 is 1.28 bits per heavy atom.